The van der Waals surface area contributed by atoms with Gasteiger partial charge < -0.3 is 15.4 Å². The predicted molar refractivity (Wildman–Crippen MR) is 76.6 cm³/mol. The molecule has 0 aromatic rings. The summed E-state index contributed by atoms with van der Waals surface area (Å²) >= 11 is 5.45. The molecule has 2 unspecified atom stereocenters. The quantitative estimate of drug-likeness (QED) is 0.770. The van der Waals surface area contributed by atoms with Crippen molar-refractivity contribution in [3.63, 3.8) is 0 Å². The van der Waals surface area contributed by atoms with Gasteiger partial charge in [0, 0.05) is 12.6 Å². The summed E-state index contributed by atoms with van der Waals surface area (Å²) in [7, 11) is 0. The molecule has 2 aliphatic carbocycles. The fraction of sp³-hybridized carbons (Fsp3) is 0.929. The van der Waals surface area contributed by atoms with Gasteiger partial charge in [-0.15, -0.1) is 0 Å². The Hall–Kier alpha value is -0.350. The first-order valence-electron chi connectivity index (χ1n) is 7.51. The second kappa shape index (κ2) is 5.74. The van der Waals surface area contributed by atoms with Crippen LogP contribution >= 0.6 is 12.2 Å². The van der Waals surface area contributed by atoms with Gasteiger partial charge >= 0.3 is 0 Å². The molecule has 0 aromatic heterocycles. The number of thiocarbonyl (C=S) groups is 1. The summed E-state index contributed by atoms with van der Waals surface area (Å²) in [4.78, 5) is 0. The van der Waals surface area contributed by atoms with Crippen molar-refractivity contribution in [3.05, 3.63) is 0 Å². The van der Waals surface area contributed by atoms with Gasteiger partial charge in [0.25, 0.3) is 0 Å². The highest BCUT2D eigenvalue weighted by atomic mass is 32.1. The van der Waals surface area contributed by atoms with Gasteiger partial charge in [0.05, 0.1) is 12.1 Å². The molecule has 2 N–H and O–H groups in total. The maximum atomic E-state index is 5.83. The minimum absolute atomic E-state index is 0.413. The SMILES string of the molecule is S=C(NC1CCCCC1)NC1CCOC1C1CC1. The van der Waals surface area contributed by atoms with Crippen LogP contribution in [0.25, 0.3) is 0 Å². The third-order valence-corrected chi connectivity index (χ3v) is 4.71. The summed E-state index contributed by atoms with van der Waals surface area (Å²) in [5, 5.41) is 7.83. The summed E-state index contributed by atoms with van der Waals surface area (Å²) in [6.07, 6.45) is 10.8. The summed E-state index contributed by atoms with van der Waals surface area (Å²) in [5.41, 5.74) is 0. The van der Waals surface area contributed by atoms with E-state index >= 15 is 0 Å². The second-order valence-corrected chi connectivity index (χ2v) is 6.43. The molecule has 3 aliphatic rings. The normalized spacial score (nSPS) is 33.3. The second-order valence-electron chi connectivity index (χ2n) is 6.02. The molecule has 3 rings (SSSR count). The minimum atomic E-state index is 0.413. The van der Waals surface area contributed by atoms with Crippen LogP contribution < -0.4 is 10.6 Å². The maximum absolute atomic E-state index is 5.83. The van der Waals surface area contributed by atoms with E-state index in [9.17, 15) is 0 Å². The molecule has 0 aromatic carbocycles. The lowest BCUT2D eigenvalue weighted by atomic mass is 9.96. The van der Waals surface area contributed by atoms with E-state index in [2.05, 4.69) is 10.6 Å². The highest BCUT2D eigenvalue weighted by Crippen LogP contribution is 2.38. The molecule has 0 bridgehead atoms. The van der Waals surface area contributed by atoms with Gasteiger partial charge in [0.15, 0.2) is 5.11 Å². The minimum Gasteiger partial charge on any atom is -0.376 e. The van der Waals surface area contributed by atoms with Gasteiger partial charge in [-0.1, -0.05) is 19.3 Å². The van der Waals surface area contributed by atoms with Crippen LogP contribution in [-0.2, 0) is 4.74 Å². The largest absolute Gasteiger partial charge is 0.376 e. The van der Waals surface area contributed by atoms with Crippen LogP contribution in [-0.4, -0.2) is 29.9 Å². The monoisotopic (exact) mass is 268 g/mol. The first kappa shape index (κ1) is 12.7. The topological polar surface area (TPSA) is 33.3 Å². The zero-order chi connectivity index (χ0) is 12.4. The number of nitrogens with one attached hydrogen (secondary N) is 2. The molecule has 1 heterocycles. The van der Waals surface area contributed by atoms with Gasteiger partial charge in [-0.25, -0.2) is 0 Å². The van der Waals surface area contributed by atoms with Crippen molar-refractivity contribution >= 4 is 17.3 Å². The standard InChI is InChI=1S/C14H24N2OS/c18-14(15-11-4-2-1-3-5-11)16-12-8-9-17-13(12)10-6-7-10/h10-13H,1-9H2,(H2,15,16,18). The van der Waals surface area contributed by atoms with Gasteiger partial charge in [0.2, 0.25) is 0 Å². The highest BCUT2D eigenvalue weighted by Gasteiger charge is 2.40. The van der Waals surface area contributed by atoms with Crippen molar-refractivity contribution in [3.8, 4) is 0 Å². The molecule has 2 atom stereocenters. The zero-order valence-corrected chi connectivity index (χ0v) is 11.8. The third kappa shape index (κ3) is 3.15. The fourth-order valence-corrected chi connectivity index (χ4v) is 3.62. The Balaban J connectivity index is 1.44. The van der Waals surface area contributed by atoms with Gasteiger partial charge in [-0.05, 0) is 50.2 Å². The lowest BCUT2D eigenvalue weighted by Gasteiger charge is -2.27. The van der Waals surface area contributed by atoms with Crippen LogP contribution in [0.2, 0.25) is 0 Å². The molecule has 3 fully saturated rings. The molecule has 0 spiro atoms. The summed E-state index contributed by atoms with van der Waals surface area (Å²) < 4.78 is 5.83. The average Bonchev–Trinajstić information content (AvgIpc) is 3.12. The fourth-order valence-electron chi connectivity index (χ4n) is 3.30. The van der Waals surface area contributed by atoms with Crippen molar-refractivity contribution in [1.82, 2.24) is 10.6 Å². The zero-order valence-electron chi connectivity index (χ0n) is 11.0. The van der Waals surface area contributed by atoms with E-state index in [1.807, 2.05) is 0 Å². The smallest absolute Gasteiger partial charge is 0.166 e. The highest BCUT2D eigenvalue weighted by molar-refractivity contribution is 7.80. The van der Waals surface area contributed by atoms with E-state index in [1.165, 1.54) is 44.9 Å². The van der Waals surface area contributed by atoms with E-state index in [4.69, 9.17) is 17.0 Å². The van der Waals surface area contributed by atoms with Gasteiger partial charge in [-0.2, -0.15) is 0 Å². The molecule has 0 amide bonds. The van der Waals surface area contributed by atoms with Crippen LogP contribution in [0.4, 0.5) is 0 Å². The lowest BCUT2D eigenvalue weighted by molar-refractivity contribution is 0.0842. The Morgan fingerprint density at radius 1 is 0.944 bits per heavy atom. The molecule has 3 nitrogen and oxygen atoms in total. The molecule has 1 aliphatic heterocycles. The molecule has 4 heteroatoms. The molecule has 2 saturated carbocycles. The summed E-state index contributed by atoms with van der Waals surface area (Å²) in [6, 6.07) is 1.04. The molecule has 0 radical (unpaired) electrons. The van der Waals surface area contributed by atoms with Crippen molar-refractivity contribution in [1.29, 1.82) is 0 Å². The number of rotatable bonds is 3. The summed E-state index contributed by atoms with van der Waals surface area (Å²) in [6.45, 7) is 0.894. The van der Waals surface area contributed by atoms with Gasteiger partial charge in [-0.3, -0.25) is 0 Å². The molecule has 18 heavy (non-hydrogen) atoms. The van der Waals surface area contributed by atoms with E-state index < -0.39 is 0 Å². The van der Waals surface area contributed by atoms with E-state index in [1.54, 1.807) is 0 Å². The number of hydrogen-bond donors (Lipinski definition) is 2. The van der Waals surface area contributed by atoms with Crippen LogP contribution in [0.3, 0.4) is 0 Å². The number of hydrogen-bond acceptors (Lipinski definition) is 2. The van der Waals surface area contributed by atoms with E-state index in [-0.39, 0.29) is 0 Å². The Morgan fingerprint density at radius 2 is 1.72 bits per heavy atom. The summed E-state index contributed by atoms with van der Waals surface area (Å²) in [5.74, 6) is 0.794. The number of ether oxygens (including phenoxy) is 1. The Bertz CT molecular complexity index is 300. The average molecular weight is 268 g/mol. The maximum Gasteiger partial charge on any atom is 0.166 e. The third-order valence-electron chi connectivity index (χ3n) is 4.48. The van der Waals surface area contributed by atoms with Crippen molar-refractivity contribution in [2.24, 2.45) is 5.92 Å². The Kier molecular flexibility index (Phi) is 4.04. The van der Waals surface area contributed by atoms with Crippen LogP contribution in [0.15, 0.2) is 0 Å². The van der Waals surface area contributed by atoms with E-state index in [0.717, 1.165) is 24.1 Å². The Morgan fingerprint density at radius 3 is 2.44 bits per heavy atom. The van der Waals surface area contributed by atoms with Crippen LogP contribution in [0, 0.1) is 5.92 Å². The molecular weight excluding hydrogens is 244 g/mol. The van der Waals surface area contributed by atoms with Crippen LogP contribution in [0.1, 0.15) is 51.4 Å². The van der Waals surface area contributed by atoms with Crippen molar-refractivity contribution in [2.75, 3.05) is 6.61 Å². The predicted octanol–water partition coefficient (Wildman–Crippen LogP) is 2.35. The first-order valence-corrected chi connectivity index (χ1v) is 7.92. The van der Waals surface area contributed by atoms with E-state index in [0.29, 0.717) is 18.2 Å². The lowest BCUT2D eigenvalue weighted by Crippen LogP contribution is -2.49. The van der Waals surface area contributed by atoms with Crippen molar-refractivity contribution in [2.45, 2.75) is 69.6 Å². The Labute approximate surface area is 115 Å². The first-order chi connectivity index (χ1) is 8.83. The molecular formula is C14H24N2OS. The van der Waals surface area contributed by atoms with Crippen LogP contribution in [0.5, 0.6) is 0 Å². The van der Waals surface area contributed by atoms with Gasteiger partial charge in [0.1, 0.15) is 0 Å². The molecule has 102 valence electrons. The molecule has 1 saturated heterocycles. The van der Waals surface area contributed by atoms with Crippen molar-refractivity contribution < 1.29 is 4.74 Å².